The summed E-state index contributed by atoms with van der Waals surface area (Å²) in [5.74, 6) is 1.15. The number of ether oxygens (including phenoxy) is 1. The van der Waals surface area contributed by atoms with E-state index < -0.39 is 5.25 Å². The maximum Gasteiger partial charge on any atom is 0.235 e. The molecule has 30 heavy (non-hydrogen) atoms. The summed E-state index contributed by atoms with van der Waals surface area (Å²) in [5.41, 5.74) is 7.54. The molecule has 1 heterocycles. The van der Waals surface area contributed by atoms with Crippen LogP contribution in [0.5, 0.6) is 5.75 Å². The Bertz CT molecular complexity index is 999. The van der Waals surface area contributed by atoms with Crippen LogP contribution in [0.1, 0.15) is 49.0 Å². The molecule has 0 bridgehead atoms. The van der Waals surface area contributed by atoms with E-state index in [1.54, 1.807) is 7.11 Å². The van der Waals surface area contributed by atoms with E-state index in [4.69, 9.17) is 10.5 Å². The number of thioether (sulfide) groups is 1. The molecule has 2 aromatic carbocycles. The van der Waals surface area contributed by atoms with Gasteiger partial charge in [-0.1, -0.05) is 73.5 Å². The Hall–Kier alpha value is -2.80. The molecule has 3 aromatic rings. The van der Waals surface area contributed by atoms with Gasteiger partial charge < -0.3 is 10.5 Å². The summed E-state index contributed by atoms with van der Waals surface area (Å²) < 4.78 is 7.77. The van der Waals surface area contributed by atoms with Gasteiger partial charge in [0.25, 0.3) is 0 Å². The first-order chi connectivity index (χ1) is 14.7. The Balaban J connectivity index is 1.78. The van der Waals surface area contributed by atoms with E-state index in [0.29, 0.717) is 6.04 Å². The first-order valence-corrected chi connectivity index (χ1v) is 11.2. The molecule has 0 radical (unpaired) electrons. The van der Waals surface area contributed by atoms with Crippen LogP contribution in [-0.2, 0) is 4.79 Å². The van der Waals surface area contributed by atoms with Gasteiger partial charge in [0.05, 0.1) is 12.7 Å². The number of para-hydroxylation sites is 1. The third kappa shape index (κ3) is 4.21. The number of nitrogens with zero attached hydrogens (tertiary/aromatic N) is 3. The second kappa shape index (κ2) is 9.34. The van der Waals surface area contributed by atoms with Crippen LogP contribution in [-0.4, -0.2) is 27.8 Å². The predicted molar refractivity (Wildman–Crippen MR) is 118 cm³/mol. The molecule has 1 atom stereocenters. The average molecular weight is 423 g/mol. The second-order valence-electron chi connectivity index (χ2n) is 7.48. The van der Waals surface area contributed by atoms with E-state index >= 15 is 0 Å². The second-order valence-corrected chi connectivity index (χ2v) is 8.55. The van der Waals surface area contributed by atoms with Gasteiger partial charge in [0.1, 0.15) is 11.0 Å². The number of amides is 1. The summed E-state index contributed by atoms with van der Waals surface area (Å²) in [4.78, 5) is 12.3. The van der Waals surface area contributed by atoms with E-state index in [9.17, 15) is 4.79 Å². The molecular formula is C23H26N4O2S. The standard InChI is InChI=1S/C23H26N4O2S/c1-29-19-15-9-8-14-18(19)22-25-26-23(27(22)17-12-6-3-7-13-17)30-20(21(24)28)16-10-4-2-5-11-16/h2,4-5,8-11,14-15,17,20H,3,6-7,12-13H2,1H3,(H2,24,28). The Morgan fingerprint density at radius 2 is 1.77 bits per heavy atom. The van der Waals surface area contributed by atoms with Crippen LogP contribution < -0.4 is 10.5 Å². The Morgan fingerprint density at radius 3 is 2.47 bits per heavy atom. The number of carbonyl (C=O) groups excluding carboxylic acids is 1. The minimum Gasteiger partial charge on any atom is -0.496 e. The highest BCUT2D eigenvalue weighted by atomic mass is 32.2. The van der Waals surface area contributed by atoms with Gasteiger partial charge in [0.15, 0.2) is 11.0 Å². The summed E-state index contributed by atoms with van der Waals surface area (Å²) in [6.45, 7) is 0. The smallest absolute Gasteiger partial charge is 0.235 e. The minimum atomic E-state index is -0.525. The highest BCUT2D eigenvalue weighted by Gasteiger charge is 2.29. The van der Waals surface area contributed by atoms with E-state index in [1.165, 1.54) is 31.0 Å². The van der Waals surface area contributed by atoms with Crippen molar-refractivity contribution in [3.8, 4) is 17.1 Å². The molecule has 0 aliphatic heterocycles. The normalized spacial score (nSPS) is 15.6. The third-order valence-electron chi connectivity index (χ3n) is 5.54. The van der Waals surface area contributed by atoms with Gasteiger partial charge in [0, 0.05) is 6.04 Å². The molecule has 7 heteroatoms. The number of aromatic nitrogens is 3. The quantitative estimate of drug-likeness (QED) is 0.554. The zero-order valence-corrected chi connectivity index (χ0v) is 17.8. The zero-order chi connectivity index (χ0) is 20.9. The van der Waals surface area contributed by atoms with Crippen LogP contribution in [0, 0.1) is 0 Å². The van der Waals surface area contributed by atoms with Crippen molar-refractivity contribution in [1.29, 1.82) is 0 Å². The molecule has 1 aliphatic rings. The maximum atomic E-state index is 12.3. The number of methoxy groups -OCH3 is 1. The lowest BCUT2D eigenvalue weighted by Crippen LogP contribution is -2.20. The molecule has 1 amide bonds. The van der Waals surface area contributed by atoms with Crippen molar-refractivity contribution in [3.05, 3.63) is 60.2 Å². The molecular weight excluding hydrogens is 396 g/mol. The highest BCUT2D eigenvalue weighted by molar-refractivity contribution is 8.00. The number of rotatable bonds is 7. The van der Waals surface area contributed by atoms with Gasteiger partial charge in [-0.25, -0.2) is 0 Å². The number of hydrogen-bond acceptors (Lipinski definition) is 5. The van der Waals surface area contributed by atoms with Crippen molar-refractivity contribution in [2.24, 2.45) is 5.73 Å². The lowest BCUT2D eigenvalue weighted by Gasteiger charge is -2.26. The van der Waals surface area contributed by atoms with Gasteiger partial charge in [0.2, 0.25) is 5.91 Å². The van der Waals surface area contributed by atoms with Crippen molar-refractivity contribution in [1.82, 2.24) is 14.8 Å². The molecule has 1 unspecified atom stereocenters. The highest BCUT2D eigenvalue weighted by Crippen LogP contribution is 2.41. The molecule has 0 spiro atoms. The number of benzene rings is 2. The van der Waals surface area contributed by atoms with E-state index in [2.05, 4.69) is 14.8 Å². The molecule has 156 valence electrons. The lowest BCUT2D eigenvalue weighted by atomic mass is 9.95. The zero-order valence-electron chi connectivity index (χ0n) is 17.0. The van der Waals surface area contributed by atoms with Crippen molar-refractivity contribution in [3.63, 3.8) is 0 Å². The fourth-order valence-corrected chi connectivity index (χ4v) is 5.12. The maximum absolute atomic E-state index is 12.3. The molecule has 1 saturated carbocycles. The average Bonchev–Trinajstić information content (AvgIpc) is 3.21. The van der Waals surface area contributed by atoms with E-state index in [-0.39, 0.29) is 5.91 Å². The third-order valence-corrected chi connectivity index (χ3v) is 6.77. The van der Waals surface area contributed by atoms with Crippen molar-refractivity contribution in [2.45, 2.75) is 48.6 Å². The van der Waals surface area contributed by atoms with Crippen LogP contribution in [0.15, 0.2) is 59.8 Å². The molecule has 0 saturated heterocycles. The molecule has 1 fully saturated rings. The summed E-state index contributed by atoms with van der Waals surface area (Å²) in [6, 6.07) is 17.7. The van der Waals surface area contributed by atoms with Crippen LogP contribution in [0.25, 0.3) is 11.4 Å². The van der Waals surface area contributed by atoms with E-state index in [1.807, 2.05) is 54.6 Å². The van der Waals surface area contributed by atoms with Crippen LogP contribution in [0.3, 0.4) is 0 Å². The minimum absolute atomic E-state index is 0.292. The summed E-state index contributed by atoms with van der Waals surface area (Å²) in [6.07, 6.45) is 5.74. The molecule has 6 nitrogen and oxygen atoms in total. The topological polar surface area (TPSA) is 83.0 Å². The fraction of sp³-hybridized carbons (Fsp3) is 0.348. The Labute approximate surface area is 180 Å². The molecule has 4 rings (SSSR count). The number of carbonyl (C=O) groups is 1. The van der Waals surface area contributed by atoms with Gasteiger partial charge in [-0.05, 0) is 30.5 Å². The Kier molecular flexibility index (Phi) is 6.38. The monoisotopic (exact) mass is 422 g/mol. The first-order valence-electron chi connectivity index (χ1n) is 10.3. The van der Waals surface area contributed by atoms with Crippen LogP contribution in [0.4, 0.5) is 0 Å². The largest absolute Gasteiger partial charge is 0.496 e. The Morgan fingerprint density at radius 1 is 1.07 bits per heavy atom. The molecule has 1 aromatic heterocycles. The van der Waals surface area contributed by atoms with Crippen molar-refractivity contribution >= 4 is 17.7 Å². The van der Waals surface area contributed by atoms with Gasteiger partial charge in [-0.3, -0.25) is 9.36 Å². The van der Waals surface area contributed by atoms with Gasteiger partial charge >= 0.3 is 0 Å². The first kappa shape index (κ1) is 20.5. The van der Waals surface area contributed by atoms with Crippen molar-refractivity contribution < 1.29 is 9.53 Å². The number of nitrogens with two attached hydrogens (primary N) is 1. The van der Waals surface area contributed by atoms with Crippen LogP contribution >= 0.6 is 11.8 Å². The molecule has 1 aliphatic carbocycles. The number of primary amides is 1. The van der Waals surface area contributed by atoms with Crippen molar-refractivity contribution in [2.75, 3.05) is 7.11 Å². The predicted octanol–water partition coefficient (Wildman–Crippen LogP) is 4.78. The number of hydrogen-bond donors (Lipinski definition) is 1. The summed E-state index contributed by atoms with van der Waals surface area (Å²) >= 11 is 1.37. The van der Waals surface area contributed by atoms with E-state index in [0.717, 1.165) is 40.7 Å². The fourth-order valence-electron chi connectivity index (χ4n) is 4.06. The van der Waals surface area contributed by atoms with Gasteiger partial charge in [-0.15, -0.1) is 10.2 Å². The van der Waals surface area contributed by atoms with Crippen LogP contribution in [0.2, 0.25) is 0 Å². The SMILES string of the molecule is COc1ccccc1-c1nnc(SC(C(N)=O)c2ccccc2)n1C1CCCCC1. The molecule has 2 N–H and O–H groups in total. The van der Waals surface area contributed by atoms with Gasteiger partial charge in [-0.2, -0.15) is 0 Å². The summed E-state index contributed by atoms with van der Waals surface area (Å²) in [7, 11) is 1.66. The summed E-state index contributed by atoms with van der Waals surface area (Å²) in [5, 5.41) is 9.23. The lowest BCUT2D eigenvalue weighted by molar-refractivity contribution is -0.117.